The second kappa shape index (κ2) is 8.98. The summed E-state index contributed by atoms with van der Waals surface area (Å²) in [5, 5.41) is 2.13. The molecule has 1 aliphatic rings. The minimum Gasteiger partial charge on any atom is -0.375 e. The number of ether oxygens (including phenoxy) is 1. The summed E-state index contributed by atoms with van der Waals surface area (Å²) < 4.78 is 30.4. The molecular formula is C21H28NO3S. The maximum Gasteiger partial charge on any atom is 0.154 e. The van der Waals surface area contributed by atoms with Crippen LogP contribution in [-0.4, -0.2) is 45.8 Å². The zero-order valence-corrected chi connectivity index (χ0v) is 16.3. The number of piperidine rings is 1. The van der Waals surface area contributed by atoms with E-state index in [0.29, 0.717) is 0 Å². The number of hydrogen-bond acceptors (Lipinski definition) is 4. The van der Waals surface area contributed by atoms with Gasteiger partial charge in [0.15, 0.2) is 9.84 Å². The van der Waals surface area contributed by atoms with Crippen molar-refractivity contribution < 1.29 is 13.2 Å². The number of rotatable bonds is 8. The molecule has 0 aromatic heterocycles. The van der Waals surface area contributed by atoms with Crippen molar-refractivity contribution >= 4 is 20.6 Å². The van der Waals surface area contributed by atoms with Crippen LogP contribution in [0, 0.1) is 6.10 Å². The fraction of sp³-hybridized carbons (Fsp3) is 0.476. The van der Waals surface area contributed by atoms with Gasteiger partial charge in [0, 0.05) is 20.2 Å². The van der Waals surface area contributed by atoms with Crippen molar-refractivity contribution in [2.24, 2.45) is 0 Å². The topological polar surface area (TPSA) is 46.6 Å². The van der Waals surface area contributed by atoms with E-state index in [0.717, 1.165) is 61.7 Å². The largest absolute Gasteiger partial charge is 0.375 e. The first kappa shape index (κ1) is 19.3. The SMILES string of the molecule is CO[C]1CCN(CCCCS(=O)(=O)Cc2cccc3ccccc23)CC1. The molecule has 2 aromatic rings. The van der Waals surface area contributed by atoms with Gasteiger partial charge >= 0.3 is 0 Å². The van der Waals surface area contributed by atoms with Crippen LogP contribution in [0.4, 0.5) is 0 Å². The summed E-state index contributed by atoms with van der Waals surface area (Å²) >= 11 is 0. The fourth-order valence-corrected chi connectivity index (χ4v) is 5.13. The molecule has 2 aromatic carbocycles. The van der Waals surface area contributed by atoms with Gasteiger partial charge in [-0.2, -0.15) is 0 Å². The van der Waals surface area contributed by atoms with Crippen LogP contribution in [0.3, 0.4) is 0 Å². The summed E-state index contributed by atoms with van der Waals surface area (Å²) in [6.07, 6.45) is 4.83. The minimum absolute atomic E-state index is 0.129. The average Bonchev–Trinajstić information content (AvgIpc) is 2.66. The molecule has 0 bridgehead atoms. The smallest absolute Gasteiger partial charge is 0.154 e. The Labute approximate surface area is 157 Å². The zero-order chi connectivity index (χ0) is 18.4. The molecule has 0 N–H and O–H groups in total. The average molecular weight is 375 g/mol. The third-order valence-electron chi connectivity index (χ3n) is 5.14. The number of hydrogen-bond donors (Lipinski definition) is 0. The number of methoxy groups -OCH3 is 1. The predicted molar refractivity (Wildman–Crippen MR) is 107 cm³/mol. The molecule has 0 amide bonds. The van der Waals surface area contributed by atoms with Gasteiger partial charge in [0.2, 0.25) is 0 Å². The Kier molecular flexibility index (Phi) is 6.68. The maximum atomic E-state index is 12.5. The molecule has 0 unspecified atom stereocenters. The highest BCUT2D eigenvalue weighted by molar-refractivity contribution is 7.90. The molecule has 1 fully saturated rings. The maximum absolute atomic E-state index is 12.5. The summed E-state index contributed by atoms with van der Waals surface area (Å²) in [5.74, 6) is 0.393. The summed E-state index contributed by atoms with van der Waals surface area (Å²) in [5.41, 5.74) is 0.904. The van der Waals surface area contributed by atoms with E-state index in [1.807, 2.05) is 42.5 Å². The van der Waals surface area contributed by atoms with Gasteiger partial charge < -0.3 is 9.64 Å². The lowest BCUT2D eigenvalue weighted by molar-refractivity contribution is 0.120. The van der Waals surface area contributed by atoms with Gasteiger partial charge in [-0.05, 0) is 48.6 Å². The molecule has 3 rings (SSSR count). The molecule has 1 aliphatic heterocycles. The minimum atomic E-state index is -3.08. The van der Waals surface area contributed by atoms with Crippen molar-refractivity contribution in [2.45, 2.75) is 31.4 Å². The van der Waals surface area contributed by atoms with Gasteiger partial charge in [-0.15, -0.1) is 0 Å². The summed E-state index contributed by atoms with van der Waals surface area (Å²) in [4.78, 5) is 2.40. The molecule has 0 saturated carbocycles. The van der Waals surface area contributed by atoms with Crippen LogP contribution in [0.5, 0.6) is 0 Å². The number of sulfone groups is 1. The van der Waals surface area contributed by atoms with E-state index < -0.39 is 9.84 Å². The van der Waals surface area contributed by atoms with Crippen molar-refractivity contribution in [3.05, 3.63) is 54.1 Å². The number of benzene rings is 2. The molecule has 0 atom stereocenters. The molecule has 1 heterocycles. The van der Waals surface area contributed by atoms with E-state index in [-0.39, 0.29) is 11.5 Å². The monoisotopic (exact) mass is 374 g/mol. The molecule has 0 aliphatic carbocycles. The van der Waals surface area contributed by atoms with Gasteiger partial charge in [0.05, 0.1) is 17.6 Å². The van der Waals surface area contributed by atoms with E-state index in [4.69, 9.17) is 4.74 Å². The lowest BCUT2D eigenvalue weighted by atomic mass is 10.1. The Morgan fingerprint density at radius 2 is 1.73 bits per heavy atom. The van der Waals surface area contributed by atoms with Gasteiger partial charge in [-0.25, -0.2) is 8.42 Å². The third kappa shape index (κ3) is 5.29. The highest BCUT2D eigenvalue weighted by Gasteiger charge is 2.19. The van der Waals surface area contributed by atoms with Gasteiger partial charge in [-0.1, -0.05) is 42.5 Å². The number of likely N-dealkylation sites (tertiary alicyclic amines) is 1. The Morgan fingerprint density at radius 1 is 1.00 bits per heavy atom. The second-order valence-corrected chi connectivity index (χ2v) is 9.21. The van der Waals surface area contributed by atoms with Crippen LogP contribution < -0.4 is 0 Å². The van der Waals surface area contributed by atoms with Crippen LogP contribution in [0.25, 0.3) is 10.8 Å². The normalized spacial score (nSPS) is 17.0. The van der Waals surface area contributed by atoms with Gasteiger partial charge in [-0.3, -0.25) is 0 Å². The first-order valence-corrected chi connectivity index (χ1v) is 11.2. The lowest BCUT2D eigenvalue weighted by Gasteiger charge is -2.30. The number of fused-ring (bicyclic) bond motifs is 1. The Balaban J connectivity index is 1.47. The Morgan fingerprint density at radius 3 is 2.50 bits per heavy atom. The number of nitrogens with zero attached hydrogens (tertiary/aromatic N) is 1. The van der Waals surface area contributed by atoms with Crippen LogP contribution in [0.1, 0.15) is 31.2 Å². The van der Waals surface area contributed by atoms with Crippen molar-refractivity contribution in [2.75, 3.05) is 32.5 Å². The van der Waals surface area contributed by atoms with Gasteiger partial charge in [0.25, 0.3) is 0 Å². The third-order valence-corrected chi connectivity index (χ3v) is 6.80. The molecule has 1 saturated heterocycles. The first-order valence-electron chi connectivity index (χ1n) is 9.35. The van der Waals surface area contributed by atoms with E-state index >= 15 is 0 Å². The molecule has 5 heteroatoms. The van der Waals surface area contributed by atoms with Crippen LogP contribution in [0.15, 0.2) is 42.5 Å². The summed E-state index contributed by atoms with van der Waals surface area (Å²) in [7, 11) is -1.34. The summed E-state index contributed by atoms with van der Waals surface area (Å²) in [6, 6.07) is 13.9. The Hall–Kier alpha value is -1.43. The van der Waals surface area contributed by atoms with Crippen molar-refractivity contribution in [1.29, 1.82) is 0 Å². The predicted octanol–water partition coefficient (Wildman–Crippen LogP) is 3.81. The lowest BCUT2D eigenvalue weighted by Crippen LogP contribution is -2.34. The highest BCUT2D eigenvalue weighted by atomic mass is 32.2. The second-order valence-electron chi connectivity index (χ2n) is 7.02. The summed E-state index contributed by atoms with van der Waals surface area (Å²) in [6.45, 7) is 3.01. The molecule has 1 radical (unpaired) electrons. The van der Waals surface area contributed by atoms with E-state index in [1.165, 1.54) is 6.10 Å². The van der Waals surface area contributed by atoms with E-state index in [9.17, 15) is 8.42 Å². The highest BCUT2D eigenvalue weighted by Crippen LogP contribution is 2.22. The van der Waals surface area contributed by atoms with Gasteiger partial charge in [0.1, 0.15) is 0 Å². The molecule has 0 spiro atoms. The molecule has 4 nitrogen and oxygen atoms in total. The van der Waals surface area contributed by atoms with E-state index in [1.54, 1.807) is 7.11 Å². The van der Waals surface area contributed by atoms with Crippen molar-refractivity contribution in [1.82, 2.24) is 4.90 Å². The molecule has 26 heavy (non-hydrogen) atoms. The zero-order valence-electron chi connectivity index (χ0n) is 15.5. The van der Waals surface area contributed by atoms with Crippen LogP contribution >= 0.6 is 0 Å². The molecule has 141 valence electrons. The Bertz CT molecular complexity index is 806. The standard InChI is InChI=1S/C21H28NO3S/c1-25-20-11-14-22(15-12-20)13-4-5-16-26(23,24)17-19-9-6-8-18-7-2-3-10-21(18)19/h2-3,6-10H,4-5,11-17H2,1H3. The van der Waals surface area contributed by atoms with E-state index in [2.05, 4.69) is 4.90 Å². The first-order chi connectivity index (χ1) is 12.6. The quantitative estimate of drug-likeness (QED) is 0.659. The number of unbranched alkanes of at least 4 members (excludes halogenated alkanes) is 1. The van der Waals surface area contributed by atoms with Crippen LogP contribution in [0.2, 0.25) is 0 Å². The molecular weight excluding hydrogens is 346 g/mol. The van der Waals surface area contributed by atoms with Crippen molar-refractivity contribution in [3.63, 3.8) is 0 Å². The van der Waals surface area contributed by atoms with Crippen LogP contribution in [-0.2, 0) is 20.3 Å². The van der Waals surface area contributed by atoms with Crippen molar-refractivity contribution in [3.8, 4) is 0 Å². The fourth-order valence-electron chi connectivity index (χ4n) is 3.61.